The Bertz CT molecular complexity index is 824. The molecule has 0 bridgehead atoms. The Hall–Kier alpha value is -2.47. The first kappa shape index (κ1) is 21.2. The van der Waals surface area contributed by atoms with Crippen molar-refractivity contribution in [2.45, 2.75) is 39.7 Å². The molecule has 1 aromatic heterocycles. The van der Waals surface area contributed by atoms with Crippen LogP contribution in [0.5, 0.6) is 0 Å². The van der Waals surface area contributed by atoms with Crippen molar-refractivity contribution < 1.29 is 4.79 Å². The lowest BCUT2D eigenvalue weighted by Gasteiger charge is -2.36. The van der Waals surface area contributed by atoms with E-state index in [1.165, 1.54) is 5.56 Å². The molecule has 0 saturated carbocycles. The van der Waals surface area contributed by atoms with Crippen LogP contribution in [0.2, 0.25) is 0 Å². The highest BCUT2D eigenvalue weighted by Gasteiger charge is 2.27. The van der Waals surface area contributed by atoms with E-state index in [1.54, 1.807) is 6.20 Å². The van der Waals surface area contributed by atoms with Gasteiger partial charge in [0.1, 0.15) is 11.4 Å². The highest BCUT2D eigenvalue weighted by molar-refractivity contribution is 5.99. The fourth-order valence-electron chi connectivity index (χ4n) is 3.87. The predicted molar refractivity (Wildman–Crippen MR) is 118 cm³/mol. The number of hydrogen-bond donors (Lipinski definition) is 0. The highest BCUT2D eigenvalue weighted by Crippen LogP contribution is 2.27. The largest absolute Gasteiger partial charge is 0.356 e. The van der Waals surface area contributed by atoms with Crippen LogP contribution >= 0.6 is 0 Å². The number of carbonyl (C=O) groups excluding carboxylic acids is 1. The molecule has 1 amide bonds. The molecular weight excluding hydrogens is 362 g/mol. The molecule has 0 N–H and O–H groups in total. The van der Waals surface area contributed by atoms with Crippen LogP contribution in [-0.4, -0.2) is 72.0 Å². The minimum Gasteiger partial charge on any atom is -0.356 e. The molecule has 6 heteroatoms. The van der Waals surface area contributed by atoms with Gasteiger partial charge in [-0.3, -0.25) is 4.79 Å². The number of nitrogens with zero attached hydrogens (tertiary/aromatic N) is 5. The number of carbonyl (C=O) groups is 1. The smallest absolute Gasteiger partial charge is 0.259 e. The van der Waals surface area contributed by atoms with Crippen molar-refractivity contribution in [3.63, 3.8) is 0 Å². The Morgan fingerprint density at radius 1 is 1.14 bits per heavy atom. The first-order valence-corrected chi connectivity index (χ1v) is 10.6. The van der Waals surface area contributed by atoms with Crippen LogP contribution in [0.4, 0.5) is 5.82 Å². The molecule has 0 radical (unpaired) electrons. The summed E-state index contributed by atoms with van der Waals surface area (Å²) in [4.78, 5) is 29.0. The van der Waals surface area contributed by atoms with Gasteiger partial charge in [0.05, 0.1) is 0 Å². The Labute approximate surface area is 174 Å². The molecule has 1 aliphatic heterocycles. The lowest BCUT2D eigenvalue weighted by atomic mass is 10.0. The third-order valence-corrected chi connectivity index (χ3v) is 5.93. The van der Waals surface area contributed by atoms with Gasteiger partial charge in [-0.05, 0) is 53.8 Å². The second-order valence-corrected chi connectivity index (χ2v) is 7.92. The quantitative estimate of drug-likeness (QED) is 0.750. The van der Waals surface area contributed by atoms with Gasteiger partial charge in [0.25, 0.3) is 5.91 Å². The molecule has 6 nitrogen and oxygen atoms in total. The van der Waals surface area contributed by atoms with Crippen LogP contribution in [0.25, 0.3) is 11.4 Å². The molecular formula is C23H33N5O. The number of hydrogen-bond acceptors (Lipinski definition) is 5. The topological polar surface area (TPSA) is 52.6 Å². The third kappa shape index (κ3) is 4.75. The number of anilines is 1. The van der Waals surface area contributed by atoms with Crippen molar-refractivity contribution in [2.75, 3.05) is 45.2 Å². The van der Waals surface area contributed by atoms with Crippen molar-refractivity contribution >= 4 is 11.7 Å². The van der Waals surface area contributed by atoms with E-state index in [2.05, 4.69) is 47.9 Å². The van der Waals surface area contributed by atoms with Gasteiger partial charge in [-0.1, -0.05) is 29.8 Å². The first-order chi connectivity index (χ1) is 13.9. The summed E-state index contributed by atoms with van der Waals surface area (Å²) < 4.78 is 0. The molecule has 0 spiro atoms. The summed E-state index contributed by atoms with van der Waals surface area (Å²) in [7, 11) is 4.22. The molecule has 1 aromatic carbocycles. The predicted octanol–water partition coefficient (Wildman–Crippen LogP) is 3.46. The standard InChI is InChI=1S/C23H33N5O/c1-6-28(7-2)23(29)20-16-24-21(18-10-8-17(3)9-11-18)25-22(20)27(5)19-12-14-26(4)15-13-19/h8-11,16,19H,6-7,12-15H2,1-5H3. The molecule has 0 atom stereocenters. The Morgan fingerprint density at radius 2 is 1.76 bits per heavy atom. The van der Waals surface area contributed by atoms with Gasteiger partial charge in [0.15, 0.2) is 5.82 Å². The van der Waals surface area contributed by atoms with Crippen LogP contribution in [0, 0.1) is 6.92 Å². The number of likely N-dealkylation sites (tertiary alicyclic amines) is 1. The Balaban J connectivity index is 2.01. The van der Waals surface area contributed by atoms with E-state index < -0.39 is 0 Å². The van der Waals surface area contributed by atoms with Gasteiger partial charge in [0.2, 0.25) is 0 Å². The molecule has 156 valence electrons. The average molecular weight is 396 g/mol. The third-order valence-electron chi connectivity index (χ3n) is 5.93. The number of piperidine rings is 1. The second kappa shape index (κ2) is 9.35. The van der Waals surface area contributed by atoms with Gasteiger partial charge >= 0.3 is 0 Å². The second-order valence-electron chi connectivity index (χ2n) is 7.92. The lowest BCUT2D eigenvalue weighted by molar-refractivity contribution is 0.0772. The maximum atomic E-state index is 13.2. The van der Waals surface area contributed by atoms with Crippen LogP contribution in [-0.2, 0) is 0 Å². The number of benzene rings is 1. The summed E-state index contributed by atoms with van der Waals surface area (Å²) in [5.74, 6) is 1.40. The maximum Gasteiger partial charge on any atom is 0.259 e. The summed E-state index contributed by atoms with van der Waals surface area (Å²) in [5, 5.41) is 0. The summed E-state index contributed by atoms with van der Waals surface area (Å²) >= 11 is 0. The highest BCUT2D eigenvalue weighted by atomic mass is 16.2. The van der Waals surface area contributed by atoms with Gasteiger partial charge in [-0.2, -0.15) is 0 Å². The van der Waals surface area contributed by atoms with Crippen molar-refractivity contribution in [1.29, 1.82) is 0 Å². The number of rotatable bonds is 6. The number of amides is 1. The lowest BCUT2D eigenvalue weighted by Crippen LogP contribution is -2.43. The van der Waals surface area contributed by atoms with E-state index >= 15 is 0 Å². The van der Waals surface area contributed by atoms with Crippen molar-refractivity contribution in [2.24, 2.45) is 0 Å². The van der Waals surface area contributed by atoms with E-state index in [-0.39, 0.29) is 5.91 Å². The zero-order chi connectivity index (χ0) is 21.0. The Kier molecular flexibility index (Phi) is 6.85. The van der Waals surface area contributed by atoms with E-state index in [0.717, 1.165) is 37.3 Å². The van der Waals surface area contributed by atoms with Crippen molar-refractivity contribution in [3.05, 3.63) is 41.6 Å². The molecule has 1 fully saturated rings. The van der Waals surface area contributed by atoms with Gasteiger partial charge < -0.3 is 14.7 Å². The van der Waals surface area contributed by atoms with Crippen molar-refractivity contribution in [3.8, 4) is 11.4 Å². The minimum absolute atomic E-state index is 0.000216. The molecule has 2 heterocycles. The maximum absolute atomic E-state index is 13.2. The Morgan fingerprint density at radius 3 is 2.34 bits per heavy atom. The van der Waals surface area contributed by atoms with Gasteiger partial charge in [-0.15, -0.1) is 0 Å². The first-order valence-electron chi connectivity index (χ1n) is 10.6. The van der Waals surface area contributed by atoms with Crippen LogP contribution in [0.15, 0.2) is 30.5 Å². The number of aromatic nitrogens is 2. The molecule has 1 saturated heterocycles. The van der Waals surface area contributed by atoms with E-state index in [0.29, 0.717) is 30.5 Å². The van der Waals surface area contributed by atoms with Crippen molar-refractivity contribution in [1.82, 2.24) is 19.8 Å². The SMILES string of the molecule is CCN(CC)C(=O)c1cnc(-c2ccc(C)cc2)nc1N(C)C1CCN(C)CC1. The zero-order valence-corrected chi connectivity index (χ0v) is 18.4. The molecule has 0 aliphatic carbocycles. The van der Waals surface area contributed by atoms with Crippen LogP contribution in [0.1, 0.15) is 42.6 Å². The number of aryl methyl sites for hydroxylation is 1. The summed E-state index contributed by atoms with van der Waals surface area (Å²) in [6, 6.07) is 8.57. The molecule has 0 unspecified atom stereocenters. The molecule has 2 aromatic rings. The van der Waals surface area contributed by atoms with Crippen LogP contribution in [0.3, 0.4) is 0 Å². The molecule has 1 aliphatic rings. The summed E-state index contributed by atoms with van der Waals surface area (Å²) in [5.41, 5.74) is 2.76. The van der Waals surface area contributed by atoms with E-state index in [9.17, 15) is 4.79 Å². The van der Waals surface area contributed by atoms with E-state index in [1.807, 2.05) is 30.9 Å². The fourth-order valence-corrected chi connectivity index (χ4v) is 3.87. The summed E-state index contributed by atoms with van der Waals surface area (Å²) in [6.45, 7) is 9.54. The molecule has 29 heavy (non-hydrogen) atoms. The van der Waals surface area contributed by atoms with Crippen LogP contribution < -0.4 is 4.90 Å². The monoisotopic (exact) mass is 395 g/mol. The fraction of sp³-hybridized carbons (Fsp3) is 0.522. The summed E-state index contributed by atoms with van der Waals surface area (Å²) in [6.07, 6.45) is 3.84. The normalized spacial score (nSPS) is 15.3. The average Bonchev–Trinajstić information content (AvgIpc) is 2.74. The molecule has 3 rings (SSSR count). The van der Waals surface area contributed by atoms with Gasteiger partial charge in [0, 0.05) is 37.9 Å². The zero-order valence-electron chi connectivity index (χ0n) is 18.4. The van der Waals surface area contributed by atoms with Gasteiger partial charge in [-0.25, -0.2) is 9.97 Å². The minimum atomic E-state index is 0.000216. The van der Waals surface area contributed by atoms with E-state index in [4.69, 9.17) is 4.98 Å².